The number of carbonyl (C=O) groups is 1. The van der Waals surface area contributed by atoms with Crippen molar-refractivity contribution in [3.63, 3.8) is 0 Å². The van der Waals surface area contributed by atoms with E-state index in [-0.39, 0.29) is 34.0 Å². The molecule has 6 aliphatic heterocycles. The van der Waals surface area contributed by atoms with Gasteiger partial charge in [-0.05, 0) is 116 Å². The Morgan fingerprint density at radius 3 is 1.69 bits per heavy atom. The van der Waals surface area contributed by atoms with Crippen LogP contribution in [0, 0.1) is 50.2 Å². The highest BCUT2D eigenvalue weighted by atomic mass is 16.8. The smallest absolute Gasteiger partial charge is 0.315 e. The Kier molecular flexibility index (Phi) is 22.1. The van der Waals surface area contributed by atoms with Gasteiger partial charge in [-0.25, -0.2) is 0 Å². The van der Waals surface area contributed by atoms with Crippen molar-refractivity contribution in [3.8, 4) is 0 Å². The molecule has 6 saturated heterocycles. The molecule has 0 radical (unpaired) electrons. The highest BCUT2D eigenvalue weighted by molar-refractivity contribution is 5.79. The zero-order valence-corrected chi connectivity index (χ0v) is 55.6. The number of hydrogen-bond acceptors (Lipinski definition) is 31. The van der Waals surface area contributed by atoms with E-state index in [0.717, 1.165) is 19.3 Å². The topological polar surface area (TPSA) is 492 Å². The molecule has 6 heterocycles. The highest BCUT2D eigenvalue weighted by Gasteiger charge is 2.71. The first-order valence-electron chi connectivity index (χ1n) is 34.1. The Morgan fingerprint density at radius 1 is 0.521 bits per heavy atom. The number of esters is 1. The molecule has 11 aliphatic rings. The van der Waals surface area contributed by atoms with Gasteiger partial charge in [0.2, 0.25) is 6.29 Å². The van der Waals surface area contributed by atoms with Crippen molar-refractivity contribution < 1.29 is 154 Å². The van der Waals surface area contributed by atoms with Gasteiger partial charge in [0.05, 0.1) is 50.7 Å². The van der Waals surface area contributed by atoms with Gasteiger partial charge in [0.1, 0.15) is 134 Å². The summed E-state index contributed by atoms with van der Waals surface area (Å²) < 4.78 is 71.9. The molecule has 0 spiro atoms. The van der Waals surface area contributed by atoms with Crippen LogP contribution >= 0.6 is 0 Å². The number of fused-ring (bicyclic) bond motifs is 7. The first-order chi connectivity index (χ1) is 45.1. The van der Waals surface area contributed by atoms with Crippen molar-refractivity contribution >= 4 is 5.97 Å². The van der Waals surface area contributed by atoms with Crippen LogP contribution in [-0.2, 0) is 61.6 Å². The van der Waals surface area contributed by atoms with Crippen molar-refractivity contribution in [2.24, 2.45) is 50.2 Å². The third-order valence-electron chi connectivity index (χ3n) is 25.2. The molecule has 11 rings (SSSR count). The van der Waals surface area contributed by atoms with Gasteiger partial charge in [-0.15, -0.1) is 0 Å². The maximum atomic E-state index is 15.4. The lowest BCUT2D eigenvalue weighted by Gasteiger charge is -2.71. The van der Waals surface area contributed by atoms with Gasteiger partial charge in [-0.1, -0.05) is 60.1 Å². The Hall–Kier alpha value is -1.95. The molecule has 0 unspecified atom stereocenters. The van der Waals surface area contributed by atoms with Crippen molar-refractivity contribution in [2.45, 2.75) is 304 Å². The van der Waals surface area contributed by atoms with E-state index < -0.39 is 239 Å². The molecule has 37 atom stereocenters. The molecule has 96 heavy (non-hydrogen) atoms. The van der Waals surface area contributed by atoms with Crippen molar-refractivity contribution in [1.82, 2.24) is 0 Å². The Balaban J connectivity index is 0.778. The number of aliphatic hydroxyl groups excluding tert-OH is 18. The standard InChI is InChI=1S/C65H106O31/c1-25-36(73)50(93-58-51(44(81)47(91-58)28(70)20-66)94-53-41(78)37(74)30(72)24-85-53)46(83)56(86-25)89-35-12-13-62(6)33(61(35,4)5)11-14-64(8)34(62)10-9-26-27-19-60(2,3)15-17-65(27,18-16-63(26,64)7)59(84)96-55-43(80)40(77)49(32(23-69)88-55)92-57-52(45(82)48(90-57)29(71)21-67)95-54-42(79)39(76)38(75)31(22-68)87-54/h9,25,27-58,66-83H,10-24H2,1-8H3/t25-,27+,28-,29-,30+,31-,32-,33-,34+,35+,36+,37+,38+,39-,40+,41+,42-,43+,44+,45+,46+,47+,48-,49+,50+,51-,52+,53-,54+,55+,56-,57-,58+,62-,63+,64-,65-/m1/s1. The molecular weight excluding hydrogens is 1280 g/mol. The van der Waals surface area contributed by atoms with Gasteiger partial charge in [-0.2, -0.15) is 0 Å². The highest BCUT2D eigenvalue weighted by Crippen LogP contribution is 2.76. The quantitative estimate of drug-likeness (QED) is 0.0348. The van der Waals surface area contributed by atoms with Crippen LogP contribution in [0.15, 0.2) is 11.6 Å². The maximum Gasteiger partial charge on any atom is 0.315 e. The fourth-order valence-electron chi connectivity index (χ4n) is 19.2. The van der Waals surface area contributed by atoms with Crippen molar-refractivity contribution in [1.29, 1.82) is 0 Å². The van der Waals surface area contributed by atoms with E-state index in [9.17, 15) is 91.9 Å². The summed E-state index contributed by atoms with van der Waals surface area (Å²) in [6, 6.07) is 0. The van der Waals surface area contributed by atoms with Gasteiger partial charge in [0.25, 0.3) is 0 Å². The summed E-state index contributed by atoms with van der Waals surface area (Å²) in [5, 5.41) is 194. The zero-order valence-electron chi connectivity index (χ0n) is 55.6. The minimum atomic E-state index is -2.00. The maximum absolute atomic E-state index is 15.4. The number of carbonyl (C=O) groups excluding carboxylic acids is 1. The molecule has 0 amide bonds. The second kappa shape index (κ2) is 28.3. The lowest BCUT2D eigenvalue weighted by Crippen LogP contribution is -2.66. The number of rotatable bonds is 18. The normalized spacial score (nSPS) is 53.0. The Labute approximate surface area is 556 Å². The van der Waals surface area contributed by atoms with Gasteiger partial charge in [-0.3, -0.25) is 4.79 Å². The van der Waals surface area contributed by atoms with Crippen molar-refractivity contribution in [2.75, 3.05) is 33.0 Å². The molecule has 0 aromatic heterocycles. The molecule has 18 N–H and O–H groups in total. The largest absolute Gasteiger partial charge is 0.432 e. The average molecular weight is 1380 g/mol. The summed E-state index contributed by atoms with van der Waals surface area (Å²) in [6.45, 7) is 13.5. The second-order valence-electron chi connectivity index (χ2n) is 31.4. The van der Waals surface area contributed by atoms with Gasteiger partial charge in [0, 0.05) is 0 Å². The number of hydrogen-bond donors (Lipinski definition) is 18. The Morgan fingerprint density at radius 2 is 1.07 bits per heavy atom. The van der Waals surface area contributed by atoms with Crippen LogP contribution in [0.1, 0.15) is 120 Å². The van der Waals surface area contributed by atoms with Gasteiger partial charge < -0.3 is 149 Å². The van der Waals surface area contributed by atoms with E-state index in [1.165, 1.54) is 5.57 Å². The monoisotopic (exact) mass is 1380 g/mol. The number of ether oxygens (including phenoxy) is 12. The van der Waals surface area contributed by atoms with Crippen LogP contribution in [0.5, 0.6) is 0 Å². The molecule has 0 aromatic rings. The minimum Gasteiger partial charge on any atom is -0.432 e. The van der Waals surface area contributed by atoms with Gasteiger partial charge >= 0.3 is 5.97 Å². The third-order valence-corrected chi connectivity index (χ3v) is 25.2. The van der Waals surface area contributed by atoms with E-state index in [2.05, 4.69) is 54.5 Å². The molecule has 0 bridgehead atoms. The van der Waals surface area contributed by atoms with Crippen LogP contribution in [0.3, 0.4) is 0 Å². The van der Waals surface area contributed by atoms with Crippen molar-refractivity contribution in [3.05, 3.63) is 11.6 Å². The van der Waals surface area contributed by atoms with Crippen LogP contribution in [0.2, 0.25) is 0 Å². The second-order valence-corrected chi connectivity index (χ2v) is 31.4. The molecule has 31 heteroatoms. The summed E-state index contributed by atoms with van der Waals surface area (Å²) in [7, 11) is 0. The molecule has 0 aromatic carbocycles. The van der Waals surface area contributed by atoms with E-state index in [1.54, 1.807) is 6.92 Å². The summed E-state index contributed by atoms with van der Waals surface area (Å²) in [6.07, 6.45) is -40.3. The zero-order chi connectivity index (χ0) is 70.0. The van der Waals surface area contributed by atoms with Gasteiger partial charge in [0.15, 0.2) is 31.5 Å². The Bertz CT molecular complexity index is 2690. The van der Waals surface area contributed by atoms with E-state index in [0.29, 0.717) is 44.9 Å². The molecule has 31 nitrogen and oxygen atoms in total. The fourth-order valence-corrected chi connectivity index (χ4v) is 19.2. The SMILES string of the molecule is C[C@H]1O[C@H](O[C@H]2CC[C@]3(C)[C@H](CC[C@]4(C)[C@H]3CC=C3[C@@H]5CC(C)(C)CC[C@@]5(C(=O)O[C@@H]5O[C@H](CO)[C@H](O[C@H]6O[C@H]([C@H](O)CO)[C@H](O)[C@@H]6O[C@@H]6O[C@H](CO)[C@H](O)[C@@H](O)[C@H]6O)[C@@H](O)[C@@H]5O)CC[C@@]34C)C2(C)C)[C@@H](O)[C@@H](O[C@@H]2O[C@@H]([C@H](O)CO)[C@H](O)[C@H]2O[C@H]2OC[C@H](O)[C@H](O)[C@@H]2O)[C@H]1O. The van der Waals surface area contributed by atoms with E-state index in [1.807, 2.05) is 0 Å². The lowest BCUT2D eigenvalue weighted by molar-refractivity contribution is -0.352. The first kappa shape index (κ1) is 75.2. The summed E-state index contributed by atoms with van der Waals surface area (Å²) in [5.41, 5.74) is -1.58. The fraction of sp³-hybridized carbons (Fsp3) is 0.954. The molecular formula is C65H106O31. The molecule has 4 saturated carbocycles. The van der Waals surface area contributed by atoms with Crippen LogP contribution in [-0.4, -0.2) is 315 Å². The summed E-state index contributed by atoms with van der Waals surface area (Å²) in [5.74, 6) is -0.704. The molecule has 10 fully saturated rings. The summed E-state index contributed by atoms with van der Waals surface area (Å²) in [4.78, 5) is 15.4. The number of aliphatic hydroxyl groups is 18. The summed E-state index contributed by atoms with van der Waals surface area (Å²) >= 11 is 0. The van der Waals surface area contributed by atoms with E-state index >= 15 is 4.79 Å². The predicted octanol–water partition coefficient (Wildman–Crippen LogP) is -4.72. The average Bonchev–Trinajstić information content (AvgIpc) is 0.784. The molecule has 552 valence electrons. The van der Waals surface area contributed by atoms with Crippen LogP contribution < -0.4 is 0 Å². The van der Waals surface area contributed by atoms with Crippen LogP contribution in [0.25, 0.3) is 0 Å². The molecule has 5 aliphatic carbocycles. The minimum absolute atomic E-state index is 0.0882. The third kappa shape index (κ3) is 12.8. The van der Waals surface area contributed by atoms with Crippen LogP contribution in [0.4, 0.5) is 0 Å². The lowest BCUT2D eigenvalue weighted by atomic mass is 9.33. The number of allylic oxidation sites excluding steroid dienone is 2. The van der Waals surface area contributed by atoms with E-state index in [4.69, 9.17) is 56.8 Å². The predicted molar refractivity (Wildman–Crippen MR) is 321 cm³/mol. The first-order valence-corrected chi connectivity index (χ1v) is 34.1.